The first kappa shape index (κ1) is 15.1. The van der Waals surface area contributed by atoms with E-state index in [0.29, 0.717) is 11.3 Å². The van der Waals surface area contributed by atoms with Crippen molar-refractivity contribution < 1.29 is 4.79 Å². The molecule has 0 aromatic heterocycles. The summed E-state index contributed by atoms with van der Waals surface area (Å²) in [5.74, 6) is 0.702. The van der Waals surface area contributed by atoms with Gasteiger partial charge in [-0.15, -0.1) is 11.8 Å². The third kappa shape index (κ3) is 4.37. The minimum absolute atomic E-state index is 0.0846. The number of carbonyl (C=O) groups is 1. The molecule has 0 saturated heterocycles. The van der Waals surface area contributed by atoms with Gasteiger partial charge >= 0.3 is 0 Å². The summed E-state index contributed by atoms with van der Waals surface area (Å²) in [6.07, 6.45) is 0. The van der Waals surface area contributed by atoms with Gasteiger partial charge in [-0.25, -0.2) is 0 Å². The zero-order valence-corrected chi connectivity index (χ0v) is 12.6. The van der Waals surface area contributed by atoms with E-state index in [1.807, 2.05) is 37.3 Å². The zero-order valence-electron chi connectivity index (χ0n) is 11.7. The molecule has 4 heteroatoms. The van der Waals surface area contributed by atoms with Crippen LogP contribution in [0.3, 0.4) is 0 Å². The molecule has 0 heterocycles. The fourth-order valence-corrected chi connectivity index (χ4v) is 2.64. The fourth-order valence-electron chi connectivity index (χ4n) is 1.80. The van der Waals surface area contributed by atoms with E-state index in [9.17, 15) is 4.79 Å². The standard InChI is InChI=1S/C17H16N2OS/c1-13(21-12-14-7-3-2-4-8-14)17(20)19-16-10-6-5-9-15(16)11-18/h2-10,13H,12H2,1H3,(H,19,20)/t13-/m1/s1. The first-order chi connectivity index (χ1) is 10.2. The molecule has 21 heavy (non-hydrogen) atoms. The highest BCUT2D eigenvalue weighted by Crippen LogP contribution is 2.20. The minimum Gasteiger partial charge on any atom is -0.324 e. The summed E-state index contributed by atoms with van der Waals surface area (Å²) in [7, 11) is 0. The van der Waals surface area contributed by atoms with Crippen LogP contribution < -0.4 is 5.32 Å². The lowest BCUT2D eigenvalue weighted by molar-refractivity contribution is -0.115. The predicted octanol–water partition coefficient (Wildman–Crippen LogP) is 3.82. The van der Waals surface area contributed by atoms with Crippen molar-refractivity contribution in [1.82, 2.24) is 0 Å². The molecular formula is C17H16N2OS. The highest BCUT2D eigenvalue weighted by Gasteiger charge is 2.14. The normalized spacial score (nSPS) is 11.4. The molecule has 2 aromatic carbocycles. The molecule has 1 N–H and O–H groups in total. The summed E-state index contributed by atoms with van der Waals surface area (Å²) in [4.78, 5) is 12.2. The predicted molar refractivity (Wildman–Crippen MR) is 87.0 cm³/mol. The number of hydrogen-bond acceptors (Lipinski definition) is 3. The van der Waals surface area contributed by atoms with Crippen LogP contribution >= 0.6 is 11.8 Å². The Bertz CT molecular complexity index is 649. The van der Waals surface area contributed by atoms with Gasteiger partial charge in [0.2, 0.25) is 5.91 Å². The Balaban J connectivity index is 1.92. The Hall–Kier alpha value is -2.25. The molecule has 2 aromatic rings. The largest absolute Gasteiger partial charge is 0.324 e. The third-order valence-electron chi connectivity index (χ3n) is 3.02. The Morgan fingerprint density at radius 2 is 1.86 bits per heavy atom. The van der Waals surface area contributed by atoms with Gasteiger partial charge in [0.1, 0.15) is 6.07 Å². The molecule has 3 nitrogen and oxygen atoms in total. The first-order valence-electron chi connectivity index (χ1n) is 6.66. The molecule has 0 unspecified atom stereocenters. The quantitative estimate of drug-likeness (QED) is 0.912. The molecule has 0 bridgehead atoms. The van der Waals surface area contributed by atoms with E-state index in [1.165, 1.54) is 5.56 Å². The van der Waals surface area contributed by atoms with Crippen molar-refractivity contribution in [3.05, 3.63) is 65.7 Å². The fraction of sp³-hybridized carbons (Fsp3) is 0.176. The lowest BCUT2D eigenvalue weighted by atomic mass is 10.2. The Morgan fingerprint density at radius 1 is 1.19 bits per heavy atom. The van der Waals surface area contributed by atoms with Gasteiger partial charge in [-0.3, -0.25) is 4.79 Å². The van der Waals surface area contributed by atoms with Crippen LogP contribution in [0.1, 0.15) is 18.1 Å². The van der Waals surface area contributed by atoms with E-state index in [-0.39, 0.29) is 11.2 Å². The SMILES string of the molecule is C[C@@H](SCc1ccccc1)C(=O)Nc1ccccc1C#N. The summed E-state index contributed by atoms with van der Waals surface area (Å²) in [6.45, 7) is 1.87. The maximum atomic E-state index is 12.2. The zero-order chi connectivity index (χ0) is 15.1. The summed E-state index contributed by atoms with van der Waals surface area (Å²) < 4.78 is 0. The van der Waals surface area contributed by atoms with Gasteiger partial charge in [0.05, 0.1) is 16.5 Å². The van der Waals surface area contributed by atoms with Gasteiger partial charge in [-0.2, -0.15) is 5.26 Å². The number of rotatable bonds is 5. The number of amides is 1. The Kier molecular flexibility index (Phi) is 5.42. The topological polar surface area (TPSA) is 52.9 Å². The smallest absolute Gasteiger partial charge is 0.237 e. The number of para-hydroxylation sites is 1. The Labute approximate surface area is 129 Å². The second-order valence-electron chi connectivity index (χ2n) is 4.59. The van der Waals surface area contributed by atoms with E-state index >= 15 is 0 Å². The molecule has 0 spiro atoms. The summed E-state index contributed by atoms with van der Waals surface area (Å²) in [6, 6.07) is 19.1. The number of nitrogens with zero attached hydrogens (tertiary/aromatic N) is 1. The second-order valence-corrected chi connectivity index (χ2v) is 5.91. The maximum Gasteiger partial charge on any atom is 0.237 e. The molecule has 1 atom stereocenters. The van der Waals surface area contributed by atoms with Crippen molar-refractivity contribution in [2.24, 2.45) is 0 Å². The van der Waals surface area contributed by atoms with Gasteiger partial charge in [0.15, 0.2) is 0 Å². The van der Waals surface area contributed by atoms with Crippen LogP contribution in [0.2, 0.25) is 0 Å². The van der Waals surface area contributed by atoms with Crippen LogP contribution in [0, 0.1) is 11.3 Å². The van der Waals surface area contributed by atoms with Crippen LogP contribution in [-0.4, -0.2) is 11.2 Å². The van der Waals surface area contributed by atoms with Crippen LogP contribution in [0.4, 0.5) is 5.69 Å². The first-order valence-corrected chi connectivity index (χ1v) is 7.71. The van der Waals surface area contributed by atoms with Gasteiger partial charge in [-0.05, 0) is 24.6 Å². The van der Waals surface area contributed by atoms with Crippen molar-refractivity contribution in [1.29, 1.82) is 5.26 Å². The molecule has 2 rings (SSSR count). The van der Waals surface area contributed by atoms with Gasteiger partial charge in [-0.1, -0.05) is 42.5 Å². The van der Waals surface area contributed by atoms with Crippen LogP contribution in [0.25, 0.3) is 0 Å². The Morgan fingerprint density at radius 3 is 2.57 bits per heavy atom. The summed E-state index contributed by atoms with van der Waals surface area (Å²) in [5, 5.41) is 11.6. The molecule has 0 radical (unpaired) electrons. The van der Waals surface area contributed by atoms with E-state index in [2.05, 4.69) is 11.4 Å². The van der Waals surface area contributed by atoms with Gasteiger partial charge in [0.25, 0.3) is 0 Å². The average molecular weight is 296 g/mol. The lowest BCUT2D eigenvalue weighted by Crippen LogP contribution is -2.23. The van der Waals surface area contributed by atoms with Crippen molar-refractivity contribution in [3.63, 3.8) is 0 Å². The highest BCUT2D eigenvalue weighted by atomic mass is 32.2. The number of anilines is 1. The lowest BCUT2D eigenvalue weighted by Gasteiger charge is -2.12. The van der Waals surface area contributed by atoms with Crippen LogP contribution in [0.15, 0.2) is 54.6 Å². The van der Waals surface area contributed by atoms with E-state index in [1.54, 1.807) is 36.0 Å². The van der Waals surface area contributed by atoms with Gasteiger partial charge < -0.3 is 5.32 Å². The molecule has 0 aliphatic carbocycles. The summed E-state index contributed by atoms with van der Waals surface area (Å²) >= 11 is 1.58. The van der Waals surface area contributed by atoms with Crippen LogP contribution in [0.5, 0.6) is 0 Å². The number of benzene rings is 2. The molecule has 0 aliphatic heterocycles. The van der Waals surface area contributed by atoms with Crippen LogP contribution in [-0.2, 0) is 10.5 Å². The number of nitriles is 1. The van der Waals surface area contributed by atoms with E-state index in [0.717, 1.165) is 5.75 Å². The van der Waals surface area contributed by atoms with Crippen molar-refractivity contribution in [2.45, 2.75) is 17.9 Å². The third-order valence-corrected chi connectivity index (χ3v) is 4.23. The minimum atomic E-state index is -0.183. The van der Waals surface area contributed by atoms with Crippen molar-refractivity contribution in [2.75, 3.05) is 5.32 Å². The van der Waals surface area contributed by atoms with Crippen molar-refractivity contribution >= 4 is 23.4 Å². The number of nitrogens with one attached hydrogen (secondary N) is 1. The monoisotopic (exact) mass is 296 g/mol. The molecule has 106 valence electrons. The molecular weight excluding hydrogens is 280 g/mol. The second kappa shape index (κ2) is 7.51. The molecule has 1 amide bonds. The maximum absolute atomic E-state index is 12.2. The molecule has 0 aliphatic rings. The molecule has 0 saturated carbocycles. The van der Waals surface area contributed by atoms with Crippen molar-refractivity contribution in [3.8, 4) is 6.07 Å². The van der Waals surface area contributed by atoms with E-state index in [4.69, 9.17) is 5.26 Å². The average Bonchev–Trinajstić information content (AvgIpc) is 2.54. The number of hydrogen-bond donors (Lipinski definition) is 1. The molecule has 0 fully saturated rings. The van der Waals surface area contributed by atoms with Gasteiger partial charge in [0, 0.05) is 5.75 Å². The highest BCUT2D eigenvalue weighted by molar-refractivity contribution is 7.99. The van der Waals surface area contributed by atoms with E-state index < -0.39 is 0 Å². The number of carbonyl (C=O) groups excluding carboxylic acids is 1. The summed E-state index contributed by atoms with van der Waals surface area (Å²) in [5.41, 5.74) is 2.24. The number of thioether (sulfide) groups is 1.